The lowest BCUT2D eigenvalue weighted by Gasteiger charge is -2.33. The van der Waals surface area contributed by atoms with Gasteiger partial charge in [-0.05, 0) is 143 Å². The highest BCUT2D eigenvalue weighted by molar-refractivity contribution is 14.1. The number of hydrogen-bond acceptors (Lipinski definition) is 16. The van der Waals surface area contributed by atoms with Crippen molar-refractivity contribution in [2.45, 2.75) is 30.4 Å². The van der Waals surface area contributed by atoms with E-state index in [1.54, 1.807) is 136 Å². The van der Waals surface area contributed by atoms with E-state index >= 15 is 4.79 Å². The number of carbonyl (C=O) groups is 6. The van der Waals surface area contributed by atoms with Crippen LogP contribution in [0, 0.1) is 21.4 Å². The molecule has 2 rings (SSSR count). The van der Waals surface area contributed by atoms with Crippen LogP contribution < -0.4 is 31.1 Å². The van der Waals surface area contributed by atoms with Gasteiger partial charge in [0, 0.05) is 13.7 Å². The van der Waals surface area contributed by atoms with E-state index in [1.165, 1.54) is 7.05 Å². The van der Waals surface area contributed by atoms with E-state index in [0.29, 0.717) is 0 Å². The number of carbonyl (C=O) groups excluding carboxylic acids is 6. The third-order valence-electron chi connectivity index (χ3n) is 8.63. The predicted molar refractivity (Wildman–Crippen MR) is 264 cm³/mol. The summed E-state index contributed by atoms with van der Waals surface area (Å²) in [6.45, 7) is -6.13. The summed E-state index contributed by atoms with van der Waals surface area (Å²) in [4.78, 5) is 84.8. The van der Waals surface area contributed by atoms with Crippen molar-refractivity contribution in [1.29, 1.82) is 0 Å². The third-order valence-corrected chi connectivity index (χ3v) is 15.0. The van der Waals surface area contributed by atoms with Gasteiger partial charge in [0.05, 0.1) is 107 Å². The van der Waals surface area contributed by atoms with Crippen molar-refractivity contribution in [3.8, 4) is 0 Å². The Morgan fingerprint density at radius 3 is 1.43 bits per heavy atom. The van der Waals surface area contributed by atoms with E-state index in [0.717, 1.165) is 7.05 Å². The van der Waals surface area contributed by atoms with Crippen LogP contribution in [0.15, 0.2) is 0 Å². The Balaban J connectivity index is 3.30. The standard InChI is InChI=1S/C33H40I6N6O15/c1-40-4-17(56)45(2,33(60)21-23(35)18(30(57)41-3-11(52)5-46)24(36)28(25(21)37)44-16(55)10-51)29-26(38)19(31(58)42-12(6-47)14(53)8-49)22(34)20(27(29)39)32(59)43-13(7-48)15(54)9-50/h11-15,40,46-54H,3-10H2,1-2H3,(H3-,41,42,43,44,55,57,58,59)/p+1. The van der Waals surface area contributed by atoms with Crippen molar-refractivity contribution in [2.75, 3.05) is 72.1 Å². The normalized spacial score (nSPS) is 14.9. The Bertz CT molecular complexity index is 1920. The maximum atomic E-state index is 15.5. The summed E-state index contributed by atoms with van der Waals surface area (Å²) < 4.78 is -1.73. The second-order valence-corrected chi connectivity index (χ2v) is 19.1. The van der Waals surface area contributed by atoms with E-state index in [4.69, 9.17) is 0 Å². The molecule has 14 N–H and O–H groups in total. The number of nitrogens with zero attached hydrogens (tertiary/aromatic N) is 1. The maximum Gasteiger partial charge on any atom is 0.360 e. The molecule has 6 amide bonds. The fourth-order valence-electron chi connectivity index (χ4n) is 5.28. The molecule has 0 aromatic heterocycles. The summed E-state index contributed by atoms with van der Waals surface area (Å²) in [6, 6.07) is -2.90. The Hall–Kier alpha value is -0.400. The largest absolute Gasteiger partial charge is 0.394 e. The number of imide groups is 1. The number of benzene rings is 2. The summed E-state index contributed by atoms with van der Waals surface area (Å²) in [7, 11) is 2.56. The highest BCUT2D eigenvalue weighted by atomic mass is 127. The molecule has 60 heavy (non-hydrogen) atoms. The SMILES string of the molecule is CNCC(=O)[N+](C)(C(=O)c1c(I)c(NC(=O)CO)c(I)c(C(=O)NCC(O)CO)c1I)c1c(I)c(C(=O)NC(CO)C(O)CO)c(I)c(C(=O)NC(CO)C(O)CO)c1I. The van der Waals surface area contributed by atoms with Gasteiger partial charge in [0.15, 0.2) is 5.69 Å². The van der Waals surface area contributed by atoms with E-state index in [2.05, 4.69) is 26.6 Å². The molecule has 2 aromatic carbocycles. The number of aliphatic hydroxyl groups excluding tert-OH is 9. The van der Waals surface area contributed by atoms with Crippen LogP contribution in [0.25, 0.3) is 0 Å². The lowest BCUT2D eigenvalue weighted by Crippen LogP contribution is -2.59. The molecule has 334 valence electrons. The Labute approximate surface area is 424 Å². The van der Waals surface area contributed by atoms with Gasteiger partial charge >= 0.3 is 11.8 Å². The van der Waals surface area contributed by atoms with Gasteiger partial charge in [-0.1, -0.05) is 0 Å². The molecule has 0 saturated carbocycles. The Kier molecular flexibility index (Phi) is 23.5. The van der Waals surface area contributed by atoms with Gasteiger partial charge in [-0.2, -0.15) is 4.48 Å². The van der Waals surface area contributed by atoms with Crippen molar-refractivity contribution in [2.24, 2.45) is 0 Å². The first-order valence-electron chi connectivity index (χ1n) is 17.0. The number of quaternary nitrogens is 1. The lowest BCUT2D eigenvalue weighted by atomic mass is 10.0. The fourth-order valence-corrected chi connectivity index (χ4v) is 14.8. The van der Waals surface area contributed by atoms with E-state index < -0.39 is 123 Å². The van der Waals surface area contributed by atoms with Crippen LogP contribution in [0.5, 0.6) is 0 Å². The number of likely N-dealkylation sites (N-methyl/N-ethyl adjacent to an activating group) is 2. The van der Waals surface area contributed by atoms with Gasteiger partial charge in [0.25, 0.3) is 17.7 Å². The number of anilines is 1. The highest BCUT2D eigenvalue weighted by Gasteiger charge is 2.50. The topological polar surface area (TPSA) is 345 Å². The molecule has 0 bridgehead atoms. The van der Waals surface area contributed by atoms with Crippen LogP contribution in [0.1, 0.15) is 41.4 Å². The zero-order chi connectivity index (χ0) is 46.0. The van der Waals surface area contributed by atoms with Crippen molar-refractivity contribution >= 4 is 182 Å². The van der Waals surface area contributed by atoms with Gasteiger partial charge in [-0.3, -0.25) is 19.2 Å². The molecule has 0 aliphatic rings. The lowest BCUT2D eigenvalue weighted by molar-refractivity contribution is -0.126. The minimum absolute atomic E-state index is 0.0132. The van der Waals surface area contributed by atoms with Crippen LogP contribution >= 0.6 is 136 Å². The van der Waals surface area contributed by atoms with E-state index in [9.17, 15) is 69.9 Å². The maximum absolute atomic E-state index is 15.5. The number of nitrogens with one attached hydrogen (secondary N) is 5. The first-order chi connectivity index (χ1) is 28.1. The number of halogens is 6. The van der Waals surface area contributed by atoms with Crippen molar-refractivity contribution in [1.82, 2.24) is 25.8 Å². The van der Waals surface area contributed by atoms with E-state index in [-0.39, 0.29) is 55.0 Å². The van der Waals surface area contributed by atoms with Crippen LogP contribution in [0.2, 0.25) is 0 Å². The third kappa shape index (κ3) is 12.5. The van der Waals surface area contributed by atoms with Gasteiger partial charge in [-0.25, -0.2) is 9.59 Å². The molecule has 6 atom stereocenters. The first-order valence-corrected chi connectivity index (χ1v) is 23.5. The average Bonchev–Trinajstić information content (AvgIpc) is 3.21. The van der Waals surface area contributed by atoms with Crippen LogP contribution in [0.4, 0.5) is 11.4 Å². The number of aliphatic hydroxyl groups is 9. The Morgan fingerprint density at radius 2 is 1.03 bits per heavy atom. The second-order valence-electron chi connectivity index (χ2n) is 12.6. The van der Waals surface area contributed by atoms with Gasteiger partial charge in [0.2, 0.25) is 5.91 Å². The molecular weight excluding hydrogens is 1480 g/mol. The molecule has 0 fully saturated rings. The molecule has 6 unspecified atom stereocenters. The zero-order valence-electron chi connectivity index (χ0n) is 31.2. The minimum Gasteiger partial charge on any atom is -0.394 e. The molecule has 0 aliphatic heterocycles. The predicted octanol–water partition coefficient (Wildman–Crippen LogP) is -2.26. The van der Waals surface area contributed by atoms with Crippen molar-refractivity contribution in [3.63, 3.8) is 0 Å². The van der Waals surface area contributed by atoms with Crippen LogP contribution in [-0.2, 0) is 9.59 Å². The summed E-state index contributed by atoms with van der Waals surface area (Å²) in [5.74, 6) is -5.88. The summed E-state index contributed by atoms with van der Waals surface area (Å²) in [5, 5.41) is 101. The molecule has 0 heterocycles. The molecule has 0 aliphatic carbocycles. The van der Waals surface area contributed by atoms with Crippen LogP contribution in [-0.4, -0.2) is 179 Å². The number of rotatable bonds is 20. The summed E-state index contributed by atoms with van der Waals surface area (Å²) in [5.41, 5.74) is -1.67. The number of amides is 6. The fraction of sp³-hybridized carbons (Fsp3) is 0.455. The van der Waals surface area contributed by atoms with E-state index in [1.807, 2.05) is 0 Å². The summed E-state index contributed by atoms with van der Waals surface area (Å²) in [6.07, 6.45) is -4.69. The van der Waals surface area contributed by atoms with Crippen molar-refractivity contribution in [3.05, 3.63) is 43.7 Å². The molecule has 0 saturated heterocycles. The monoisotopic (exact) mass is 1520 g/mol. The molecule has 21 nitrogen and oxygen atoms in total. The molecule has 27 heteroatoms. The van der Waals surface area contributed by atoms with Crippen molar-refractivity contribution < 1.29 is 74.7 Å². The average molecular weight is 1520 g/mol. The van der Waals surface area contributed by atoms with Gasteiger partial charge in [0.1, 0.15) is 18.7 Å². The zero-order valence-corrected chi connectivity index (χ0v) is 44.2. The van der Waals surface area contributed by atoms with Crippen LogP contribution in [0.3, 0.4) is 0 Å². The Morgan fingerprint density at radius 1 is 0.600 bits per heavy atom. The quantitative estimate of drug-likeness (QED) is 0.0492. The highest BCUT2D eigenvalue weighted by Crippen LogP contribution is 2.44. The number of hydrogen-bond donors (Lipinski definition) is 14. The van der Waals surface area contributed by atoms with Gasteiger partial charge in [-0.15, -0.1) is 0 Å². The first kappa shape index (κ1) is 55.7. The summed E-state index contributed by atoms with van der Waals surface area (Å²) >= 11 is 10.2. The minimum atomic E-state index is -1.66. The smallest absolute Gasteiger partial charge is 0.360 e. The molecule has 2 aromatic rings. The molecule has 0 radical (unpaired) electrons. The second kappa shape index (κ2) is 25.3. The van der Waals surface area contributed by atoms with Gasteiger partial charge < -0.3 is 72.5 Å². The molecular formula is C33H41I6N6O15+. The molecule has 0 spiro atoms.